The fraction of sp³-hybridized carbons (Fsp3) is 0.417. The van der Waals surface area contributed by atoms with Gasteiger partial charge in [0.15, 0.2) is 11.5 Å². The topological polar surface area (TPSA) is 42.8 Å². The predicted molar refractivity (Wildman–Crippen MR) is 70.4 cm³/mol. The third-order valence-electron chi connectivity index (χ3n) is 1.96. The summed E-state index contributed by atoms with van der Waals surface area (Å²) in [6, 6.07) is 3.64. The van der Waals surface area contributed by atoms with Crippen LogP contribution in [0, 0.1) is 0 Å². The lowest BCUT2D eigenvalue weighted by atomic mass is 10.2. The second kappa shape index (κ2) is 7.01. The van der Waals surface area contributed by atoms with Crippen LogP contribution in [0.1, 0.15) is 19.4 Å². The van der Waals surface area contributed by atoms with Crippen LogP contribution in [0.15, 0.2) is 17.2 Å². The zero-order valence-electron chi connectivity index (χ0n) is 10.3. The van der Waals surface area contributed by atoms with Crippen molar-refractivity contribution in [3.8, 4) is 11.5 Å². The van der Waals surface area contributed by atoms with Crippen molar-refractivity contribution in [2.45, 2.75) is 13.8 Å². The summed E-state index contributed by atoms with van der Waals surface area (Å²) in [5, 5.41) is 4.45. The van der Waals surface area contributed by atoms with Crippen molar-refractivity contribution in [1.82, 2.24) is 5.43 Å². The number of nitrogens with one attached hydrogen (secondary N) is 1. The smallest absolute Gasteiger partial charge is 0.179 e. The van der Waals surface area contributed by atoms with E-state index >= 15 is 0 Å². The number of halogens is 1. The first-order valence-corrected chi connectivity index (χ1v) is 5.89. The molecule has 0 amide bonds. The van der Waals surface area contributed by atoms with Gasteiger partial charge < -0.3 is 14.9 Å². The summed E-state index contributed by atoms with van der Waals surface area (Å²) < 4.78 is 11.0. The molecule has 0 aliphatic carbocycles. The Morgan fingerprint density at radius 2 is 2.00 bits per heavy atom. The third-order valence-corrected chi connectivity index (χ3v) is 2.24. The van der Waals surface area contributed by atoms with E-state index in [0.717, 1.165) is 5.56 Å². The molecule has 0 spiro atoms. The summed E-state index contributed by atoms with van der Waals surface area (Å²) in [6.07, 6.45) is 1.67. The van der Waals surface area contributed by atoms with Crippen LogP contribution in [0.5, 0.6) is 11.5 Å². The first-order chi connectivity index (χ1) is 8.22. The molecular formula is C12H17ClN2O2. The number of hydrogen-bond donors (Lipinski definition) is 1. The molecule has 0 atom stereocenters. The standard InChI is InChI=1S/C12H17ClN2O2/c1-4-16-11-7-9(8-15-14-3)6-10(13)12(11)17-5-2/h6-8,14H,4-5H2,1-3H3/b15-8+. The number of nitrogens with zero attached hydrogens (tertiary/aromatic N) is 1. The largest absolute Gasteiger partial charge is 0.490 e. The molecule has 5 heteroatoms. The first-order valence-electron chi connectivity index (χ1n) is 5.51. The number of rotatable bonds is 6. The van der Waals surface area contributed by atoms with Crippen molar-refractivity contribution in [2.75, 3.05) is 20.3 Å². The monoisotopic (exact) mass is 256 g/mol. The molecule has 0 aliphatic rings. The van der Waals surface area contributed by atoms with E-state index in [1.165, 1.54) is 0 Å². The summed E-state index contributed by atoms with van der Waals surface area (Å²) in [7, 11) is 1.73. The molecule has 0 radical (unpaired) electrons. The summed E-state index contributed by atoms with van der Waals surface area (Å²) in [4.78, 5) is 0. The molecule has 0 saturated carbocycles. The minimum Gasteiger partial charge on any atom is -0.490 e. The van der Waals surface area contributed by atoms with Crippen molar-refractivity contribution in [3.63, 3.8) is 0 Å². The van der Waals surface area contributed by atoms with Crippen molar-refractivity contribution in [1.29, 1.82) is 0 Å². The van der Waals surface area contributed by atoms with Crippen LogP contribution in [0.25, 0.3) is 0 Å². The molecule has 0 unspecified atom stereocenters. The highest BCUT2D eigenvalue weighted by molar-refractivity contribution is 6.32. The summed E-state index contributed by atoms with van der Waals surface area (Å²) in [5.41, 5.74) is 3.54. The maximum absolute atomic E-state index is 6.14. The Kier molecular flexibility index (Phi) is 5.63. The molecule has 4 nitrogen and oxygen atoms in total. The van der Waals surface area contributed by atoms with Crippen LogP contribution in [0.2, 0.25) is 5.02 Å². The van der Waals surface area contributed by atoms with E-state index in [0.29, 0.717) is 29.7 Å². The van der Waals surface area contributed by atoms with E-state index in [4.69, 9.17) is 21.1 Å². The molecule has 94 valence electrons. The maximum atomic E-state index is 6.14. The van der Waals surface area contributed by atoms with E-state index in [9.17, 15) is 0 Å². The number of benzene rings is 1. The second-order valence-corrected chi connectivity index (χ2v) is 3.59. The molecule has 17 heavy (non-hydrogen) atoms. The Morgan fingerprint density at radius 3 is 2.59 bits per heavy atom. The van der Waals surface area contributed by atoms with Crippen LogP contribution in [0.3, 0.4) is 0 Å². The molecule has 0 aromatic heterocycles. The van der Waals surface area contributed by atoms with Gasteiger partial charge in [0, 0.05) is 7.05 Å². The van der Waals surface area contributed by atoms with Gasteiger partial charge in [0.2, 0.25) is 0 Å². The average Bonchev–Trinajstić information content (AvgIpc) is 2.31. The van der Waals surface area contributed by atoms with Gasteiger partial charge in [0.25, 0.3) is 0 Å². The van der Waals surface area contributed by atoms with E-state index in [1.54, 1.807) is 19.3 Å². The van der Waals surface area contributed by atoms with Crippen molar-refractivity contribution < 1.29 is 9.47 Å². The molecule has 0 saturated heterocycles. The first kappa shape index (κ1) is 13.6. The quantitative estimate of drug-likeness (QED) is 0.629. The molecule has 0 bridgehead atoms. The van der Waals surface area contributed by atoms with E-state index in [1.807, 2.05) is 19.9 Å². The van der Waals surface area contributed by atoms with Gasteiger partial charge in [0.05, 0.1) is 24.5 Å². The lowest BCUT2D eigenvalue weighted by Gasteiger charge is -2.13. The normalized spacial score (nSPS) is 10.6. The van der Waals surface area contributed by atoms with Crippen LogP contribution < -0.4 is 14.9 Å². The van der Waals surface area contributed by atoms with Crippen LogP contribution in [-0.2, 0) is 0 Å². The van der Waals surface area contributed by atoms with Gasteiger partial charge >= 0.3 is 0 Å². The molecule has 1 rings (SSSR count). The zero-order chi connectivity index (χ0) is 12.7. The summed E-state index contributed by atoms with van der Waals surface area (Å²) >= 11 is 6.14. The Bertz CT molecular complexity index is 394. The predicted octanol–water partition coefficient (Wildman–Crippen LogP) is 2.69. The molecule has 1 N–H and O–H groups in total. The molecule has 0 fully saturated rings. The van der Waals surface area contributed by atoms with Gasteiger partial charge in [-0.15, -0.1) is 0 Å². The Labute approximate surface area is 107 Å². The van der Waals surface area contributed by atoms with Gasteiger partial charge in [-0.2, -0.15) is 5.10 Å². The van der Waals surface area contributed by atoms with Crippen molar-refractivity contribution >= 4 is 17.8 Å². The fourth-order valence-electron chi connectivity index (χ4n) is 1.35. The number of hydrogen-bond acceptors (Lipinski definition) is 4. The second-order valence-electron chi connectivity index (χ2n) is 3.18. The van der Waals surface area contributed by atoms with Gasteiger partial charge in [-0.3, -0.25) is 0 Å². The molecule has 1 aromatic rings. The summed E-state index contributed by atoms with van der Waals surface area (Å²) in [5.74, 6) is 1.22. The van der Waals surface area contributed by atoms with Gasteiger partial charge in [0.1, 0.15) is 0 Å². The minimum atomic E-state index is 0.523. The molecule has 0 aliphatic heterocycles. The Balaban J connectivity index is 3.10. The van der Waals surface area contributed by atoms with Gasteiger partial charge in [-0.1, -0.05) is 11.6 Å². The van der Waals surface area contributed by atoms with Gasteiger partial charge in [-0.25, -0.2) is 0 Å². The van der Waals surface area contributed by atoms with Crippen molar-refractivity contribution in [2.24, 2.45) is 5.10 Å². The molecule has 0 heterocycles. The van der Waals surface area contributed by atoms with Crippen molar-refractivity contribution in [3.05, 3.63) is 22.7 Å². The fourth-order valence-corrected chi connectivity index (χ4v) is 1.62. The van der Waals surface area contributed by atoms with E-state index in [2.05, 4.69) is 10.5 Å². The van der Waals surface area contributed by atoms with Crippen LogP contribution in [0.4, 0.5) is 0 Å². The SMILES string of the molecule is CCOc1cc(/C=N/NC)cc(Cl)c1OCC. The zero-order valence-corrected chi connectivity index (χ0v) is 11.0. The lowest BCUT2D eigenvalue weighted by molar-refractivity contribution is 0.288. The highest BCUT2D eigenvalue weighted by Gasteiger charge is 2.11. The van der Waals surface area contributed by atoms with E-state index in [-0.39, 0.29) is 0 Å². The third kappa shape index (κ3) is 3.82. The average molecular weight is 257 g/mol. The van der Waals surface area contributed by atoms with Crippen LogP contribution in [-0.4, -0.2) is 26.5 Å². The maximum Gasteiger partial charge on any atom is 0.179 e. The highest BCUT2D eigenvalue weighted by atomic mass is 35.5. The van der Waals surface area contributed by atoms with E-state index < -0.39 is 0 Å². The van der Waals surface area contributed by atoms with Crippen LogP contribution >= 0.6 is 11.6 Å². The van der Waals surface area contributed by atoms with Gasteiger partial charge in [-0.05, 0) is 31.5 Å². The number of ether oxygens (including phenoxy) is 2. The Morgan fingerprint density at radius 1 is 1.29 bits per heavy atom. The molecular weight excluding hydrogens is 240 g/mol. The summed E-state index contributed by atoms with van der Waals surface area (Å²) in [6.45, 7) is 4.92. The Hall–Kier alpha value is -1.42. The number of hydrazone groups is 1. The lowest BCUT2D eigenvalue weighted by Crippen LogP contribution is -2.01. The highest BCUT2D eigenvalue weighted by Crippen LogP contribution is 2.36. The molecule has 1 aromatic carbocycles. The minimum absolute atomic E-state index is 0.523.